The van der Waals surface area contributed by atoms with Gasteiger partial charge in [-0.15, -0.1) is 0 Å². The molecule has 1 aliphatic carbocycles. The molecule has 0 radical (unpaired) electrons. The first-order chi connectivity index (χ1) is 9.58. The summed E-state index contributed by atoms with van der Waals surface area (Å²) in [5, 5.41) is 9.73. The van der Waals surface area contributed by atoms with Crippen molar-refractivity contribution in [1.29, 1.82) is 0 Å². The first-order valence-electron chi connectivity index (χ1n) is 6.63. The molecule has 110 valence electrons. The third-order valence-electron chi connectivity index (χ3n) is 4.07. The van der Waals surface area contributed by atoms with E-state index >= 15 is 0 Å². The SMILES string of the molecule is COc1cc(OC)c(OC)c(C2(C(=O)O)CCCC2)c1. The van der Waals surface area contributed by atoms with Gasteiger partial charge >= 0.3 is 5.97 Å². The Labute approximate surface area is 118 Å². The Bertz CT molecular complexity index is 503. The zero-order valence-corrected chi connectivity index (χ0v) is 12.1. The molecule has 1 N–H and O–H groups in total. The highest BCUT2D eigenvalue weighted by atomic mass is 16.5. The van der Waals surface area contributed by atoms with Crippen LogP contribution >= 0.6 is 0 Å². The minimum Gasteiger partial charge on any atom is -0.497 e. The Morgan fingerprint density at radius 3 is 2.20 bits per heavy atom. The predicted molar refractivity (Wildman–Crippen MR) is 73.9 cm³/mol. The molecule has 5 nitrogen and oxygen atoms in total. The van der Waals surface area contributed by atoms with E-state index in [1.807, 2.05) is 0 Å². The fourth-order valence-corrected chi connectivity index (χ4v) is 2.99. The normalized spacial score (nSPS) is 16.8. The van der Waals surface area contributed by atoms with Crippen molar-refractivity contribution < 1.29 is 24.1 Å². The molecule has 1 saturated carbocycles. The number of hydrogen-bond donors (Lipinski definition) is 1. The van der Waals surface area contributed by atoms with E-state index < -0.39 is 11.4 Å². The first kappa shape index (κ1) is 14.5. The number of carbonyl (C=O) groups is 1. The summed E-state index contributed by atoms with van der Waals surface area (Å²) < 4.78 is 16.0. The van der Waals surface area contributed by atoms with Crippen LogP contribution in [0.1, 0.15) is 31.2 Å². The third kappa shape index (κ3) is 2.17. The van der Waals surface area contributed by atoms with Gasteiger partial charge in [0.05, 0.1) is 26.7 Å². The zero-order chi connectivity index (χ0) is 14.8. The van der Waals surface area contributed by atoms with Gasteiger partial charge in [-0.2, -0.15) is 0 Å². The van der Waals surface area contributed by atoms with E-state index in [0.29, 0.717) is 35.7 Å². The molecule has 0 aromatic heterocycles. The summed E-state index contributed by atoms with van der Waals surface area (Å²) >= 11 is 0. The van der Waals surface area contributed by atoms with Gasteiger partial charge in [-0.3, -0.25) is 4.79 Å². The van der Waals surface area contributed by atoms with Crippen LogP contribution < -0.4 is 14.2 Å². The van der Waals surface area contributed by atoms with Crippen LogP contribution in [0, 0.1) is 0 Å². The van der Waals surface area contributed by atoms with E-state index in [-0.39, 0.29) is 0 Å². The molecule has 0 aliphatic heterocycles. The van der Waals surface area contributed by atoms with E-state index in [0.717, 1.165) is 12.8 Å². The highest BCUT2D eigenvalue weighted by molar-refractivity contribution is 5.84. The number of methoxy groups -OCH3 is 3. The summed E-state index contributed by atoms with van der Waals surface area (Å²) in [6.07, 6.45) is 3.01. The Hall–Kier alpha value is -1.91. The average molecular weight is 280 g/mol. The molecule has 20 heavy (non-hydrogen) atoms. The molecule has 2 rings (SSSR count). The molecule has 0 heterocycles. The third-order valence-corrected chi connectivity index (χ3v) is 4.07. The fraction of sp³-hybridized carbons (Fsp3) is 0.533. The second-order valence-corrected chi connectivity index (χ2v) is 5.00. The quantitative estimate of drug-likeness (QED) is 0.898. The Kier molecular flexibility index (Phi) is 4.06. The number of carboxylic acids is 1. The number of rotatable bonds is 5. The molecular weight excluding hydrogens is 260 g/mol. The molecule has 0 unspecified atom stereocenters. The van der Waals surface area contributed by atoms with E-state index in [2.05, 4.69) is 0 Å². The number of ether oxygens (including phenoxy) is 3. The molecule has 0 atom stereocenters. The number of carboxylic acid groups (broad SMARTS) is 1. The van der Waals surface area contributed by atoms with Crippen molar-refractivity contribution in [2.45, 2.75) is 31.1 Å². The van der Waals surface area contributed by atoms with Crippen LogP contribution in [0.15, 0.2) is 12.1 Å². The van der Waals surface area contributed by atoms with E-state index in [4.69, 9.17) is 14.2 Å². The largest absolute Gasteiger partial charge is 0.497 e. The van der Waals surface area contributed by atoms with Crippen LogP contribution in [0.3, 0.4) is 0 Å². The molecule has 1 aromatic carbocycles. The highest BCUT2D eigenvalue weighted by Gasteiger charge is 2.45. The lowest BCUT2D eigenvalue weighted by Gasteiger charge is -2.27. The van der Waals surface area contributed by atoms with Gasteiger partial charge in [-0.05, 0) is 18.9 Å². The molecule has 1 aromatic rings. The Balaban J connectivity index is 2.67. The van der Waals surface area contributed by atoms with Crippen LogP contribution in [0.2, 0.25) is 0 Å². The first-order valence-corrected chi connectivity index (χ1v) is 6.63. The molecule has 5 heteroatoms. The molecule has 0 saturated heterocycles. The van der Waals surface area contributed by atoms with Gasteiger partial charge in [0.15, 0.2) is 11.5 Å². The zero-order valence-electron chi connectivity index (χ0n) is 12.1. The topological polar surface area (TPSA) is 65.0 Å². The van der Waals surface area contributed by atoms with E-state index in [1.54, 1.807) is 19.2 Å². The maximum atomic E-state index is 11.9. The van der Waals surface area contributed by atoms with Crippen LogP contribution in [-0.4, -0.2) is 32.4 Å². The Morgan fingerprint density at radius 1 is 1.10 bits per heavy atom. The van der Waals surface area contributed by atoms with E-state index in [9.17, 15) is 9.90 Å². The smallest absolute Gasteiger partial charge is 0.314 e. The second-order valence-electron chi connectivity index (χ2n) is 5.00. The lowest BCUT2D eigenvalue weighted by atomic mass is 9.78. The maximum absolute atomic E-state index is 11.9. The van der Waals surface area contributed by atoms with Gasteiger partial charge in [0.25, 0.3) is 0 Å². The van der Waals surface area contributed by atoms with Crippen molar-refractivity contribution in [3.8, 4) is 17.2 Å². The average Bonchev–Trinajstić information content (AvgIpc) is 2.96. The second kappa shape index (κ2) is 5.61. The Morgan fingerprint density at radius 2 is 1.75 bits per heavy atom. The molecular formula is C15H20O5. The van der Waals surface area contributed by atoms with Crippen molar-refractivity contribution >= 4 is 5.97 Å². The van der Waals surface area contributed by atoms with Crippen LogP contribution in [0.5, 0.6) is 17.2 Å². The summed E-state index contributed by atoms with van der Waals surface area (Å²) in [5.41, 5.74) is -0.270. The molecule has 0 spiro atoms. The fourth-order valence-electron chi connectivity index (χ4n) is 2.99. The van der Waals surface area contributed by atoms with Crippen molar-refractivity contribution in [1.82, 2.24) is 0 Å². The molecule has 1 fully saturated rings. The lowest BCUT2D eigenvalue weighted by Crippen LogP contribution is -2.33. The van der Waals surface area contributed by atoms with Crippen LogP contribution in [0.25, 0.3) is 0 Å². The summed E-state index contributed by atoms with van der Waals surface area (Å²) in [4.78, 5) is 11.9. The van der Waals surface area contributed by atoms with Crippen molar-refractivity contribution in [2.24, 2.45) is 0 Å². The molecule has 1 aliphatic rings. The van der Waals surface area contributed by atoms with Gasteiger partial charge in [0, 0.05) is 11.6 Å². The lowest BCUT2D eigenvalue weighted by molar-refractivity contribution is -0.143. The predicted octanol–water partition coefficient (Wildman–Crippen LogP) is 2.61. The van der Waals surface area contributed by atoms with Crippen LogP contribution in [-0.2, 0) is 10.2 Å². The van der Waals surface area contributed by atoms with Gasteiger partial charge in [-0.25, -0.2) is 0 Å². The highest BCUT2D eigenvalue weighted by Crippen LogP contribution is 2.49. The number of aliphatic carboxylic acids is 1. The summed E-state index contributed by atoms with van der Waals surface area (Å²) in [5.74, 6) is 0.737. The van der Waals surface area contributed by atoms with Gasteiger partial charge in [-0.1, -0.05) is 12.8 Å². The maximum Gasteiger partial charge on any atom is 0.314 e. The minimum absolute atomic E-state index is 0.484. The minimum atomic E-state index is -0.910. The summed E-state index contributed by atoms with van der Waals surface area (Å²) in [7, 11) is 4.61. The van der Waals surface area contributed by atoms with Crippen LogP contribution in [0.4, 0.5) is 0 Å². The summed E-state index contributed by atoms with van der Waals surface area (Å²) in [6, 6.07) is 3.45. The number of hydrogen-bond acceptors (Lipinski definition) is 4. The molecule has 0 amide bonds. The van der Waals surface area contributed by atoms with Crippen molar-refractivity contribution in [3.05, 3.63) is 17.7 Å². The van der Waals surface area contributed by atoms with E-state index in [1.165, 1.54) is 14.2 Å². The standard InChI is InChI=1S/C15H20O5/c1-18-10-8-11(13(20-3)12(9-10)19-2)15(14(16)17)6-4-5-7-15/h8-9H,4-7H2,1-3H3,(H,16,17). The monoisotopic (exact) mass is 280 g/mol. The van der Waals surface area contributed by atoms with Gasteiger partial charge in [0.1, 0.15) is 5.75 Å². The number of benzene rings is 1. The van der Waals surface area contributed by atoms with Crippen molar-refractivity contribution in [2.75, 3.05) is 21.3 Å². The van der Waals surface area contributed by atoms with Crippen molar-refractivity contribution in [3.63, 3.8) is 0 Å². The van der Waals surface area contributed by atoms with Gasteiger partial charge < -0.3 is 19.3 Å². The molecule has 0 bridgehead atoms. The summed E-state index contributed by atoms with van der Waals surface area (Å²) in [6.45, 7) is 0. The van der Waals surface area contributed by atoms with Gasteiger partial charge in [0.2, 0.25) is 0 Å².